The lowest BCUT2D eigenvalue weighted by molar-refractivity contribution is -0.176. The Balaban J connectivity index is 0.000000418. The molecule has 1 N–H and O–H groups in total. The number of nitrogens with zero attached hydrogens (tertiary/aromatic N) is 2. The van der Waals surface area contributed by atoms with Gasteiger partial charge in [-0.2, -0.15) is 0 Å². The third kappa shape index (κ3) is 6.75. The summed E-state index contributed by atoms with van der Waals surface area (Å²) in [6.07, 6.45) is 2.37. The molecule has 4 heterocycles. The van der Waals surface area contributed by atoms with E-state index in [4.69, 9.17) is 37.6 Å². The number of carbonyl (C=O) groups excluding carboxylic acids is 2. The van der Waals surface area contributed by atoms with Crippen LogP contribution < -0.4 is 18.9 Å². The van der Waals surface area contributed by atoms with Crippen molar-refractivity contribution in [3.8, 4) is 23.0 Å². The first kappa shape index (κ1) is 36.1. The van der Waals surface area contributed by atoms with Crippen molar-refractivity contribution in [1.29, 1.82) is 0 Å². The van der Waals surface area contributed by atoms with Gasteiger partial charge in [0.1, 0.15) is 23.5 Å². The first-order chi connectivity index (χ1) is 25.8. The summed E-state index contributed by atoms with van der Waals surface area (Å²) < 4.78 is 44.1. The zero-order chi connectivity index (χ0) is 37.2. The number of oxazole rings is 1. The summed E-state index contributed by atoms with van der Waals surface area (Å²) in [5, 5.41) is 1.21. The molecule has 13 nitrogen and oxygen atoms in total. The number of methoxy groups -OCH3 is 6. The summed E-state index contributed by atoms with van der Waals surface area (Å²) in [5.41, 5.74) is 5.59. The van der Waals surface area contributed by atoms with Crippen molar-refractivity contribution < 1.29 is 47.2 Å². The van der Waals surface area contributed by atoms with Gasteiger partial charge in [-0.25, -0.2) is 9.78 Å². The van der Waals surface area contributed by atoms with Gasteiger partial charge in [-0.15, -0.1) is 0 Å². The number of hydrogen-bond acceptors (Lipinski definition) is 12. The van der Waals surface area contributed by atoms with E-state index < -0.39 is 24.1 Å². The van der Waals surface area contributed by atoms with Gasteiger partial charge in [0.2, 0.25) is 5.75 Å². The molecule has 1 saturated carbocycles. The van der Waals surface area contributed by atoms with Crippen LogP contribution in [-0.2, 0) is 25.4 Å². The average molecular weight is 728 g/mol. The Morgan fingerprint density at radius 2 is 1.68 bits per heavy atom. The highest BCUT2D eigenvalue weighted by molar-refractivity contribution is 5.91. The molecule has 0 radical (unpaired) electrons. The molecule has 2 aliphatic heterocycles. The van der Waals surface area contributed by atoms with Gasteiger partial charge in [0.15, 0.2) is 23.5 Å². The standard InChI is InChI=1S/C33H40N2O9.C7H5NO/c1-38-19-7-8-20-21-9-10-35-16-18-13-27(44-32(36)17-11-25(39-2)30(41-4)26(12-17)40-3)31(42-5)28(33(37)43-6)22(18)15-24(35)29(21)34-23(20)14-19;1-2-4-7-6(3-1)8-5-9-7/h7-8,11-12,14,18,22,24,27-28,31,34H,9-10,13,15-16H2,1-6H3;1-5H/t18-,22+,24-,27-,28+,31+;/m1./s1. The lowest BCUT2D eigenvalue weighted by Crippen LogP contribution is -2.58. The fourth-order valence-electron chi connectivity index (χ4n) is 8.57. The molecule has 280 valence electrons. The molecular formula is C40H45N3O10. The Morgan fingerprint density at radius 3 is 2.36 bits per heavy atom. The second-order valence-electron chi connectivity index (χ2n) is 13.5. The van der Waals surface area contributed by atoms with Crippen molar-refractivity contribution in [1.82, 2.24) is 14.9 Å². The van der Waals surface area contributed by atoms with Crippen molar-refractivity contribution in [2.45, 2.75) is 37.5 Å². The maximum Gasteiger partial charge on any atom is 0.338 e. The fraction of sp³-hybridized carbons (Fsp3) is 0.425. The lowest BCUT2D eigenvalue weighted by atomic mass is 9.63. The summed E-state index contributed by atoms with van der Waals surface area (Å²) in [6.45, 7) is 1.68. The molecule has 0 amide bonds. The quantitative estimate of drug-likeness (QED) is 0.187. The first-order valence-corrected chi connectivity index (χ1v) is 17.6. The number of aromatic nitrogens is 2. The van der Waals surface area contributed by atoms with Crippen molar-refractivity contribution in [3.63, 3.8) is 0 Å². The van der Waals surface area contributed by atoms with Crippen LogP contribution in [0.4, 0.5) is 0 Å². The predicted octanol–water partition coefficient (Wildman–Crippen LogP) is 6.00. The number of carbonyl (C=O) groups is 2. The Hall–Kier alpha value is -5.27. The Labute approximate surface area is 307 Å². The molecule has 2 fully saturated rings. The van der Waals surface area contributed by atoms with Gasteiger partial charge < -0.3 is 42.6 Å². The fourth-order valence-corrected chi connectivity index (χ4v) is 8.57. The first-order valence-electron chi connectivity index (χ1n) is 17.6. The van der Waals surface area contributed by atoms with Crippen LogP contribution in [0.1, 0.15) is 40.5 Å². The number of benzene rings is 3. The lowest BCUT2D eigenvalue weighted by Gasteiger charge is -2.52. The molecule has 0 bridgehead atoms. The van der Waals surface area contributed by atoms with Crippen LogP contribution in [0.5, 0.6) is 23.0 Å². The van der Waals surface area contributed by atoms with Gasteiger partial charge >= 0.3 is 11.9 Å². The van der Waals surface area contributed by atoms with Crippen LogP contribution in [0.2, 0.25) is 0 Å². The van der Waals surface area contributed by atoms with Crippen molar-refractivity contribution in [3.05, 3.63) is 77.8 Å². The number of H-pyrrole nitrogens is 1. The van der Waals surface area contributed by atoms with E-state index in [0.29, 0.717) is 23.7 Å². The van der Waals surface area contributed by atoms with E-state index in [1.165, 1.54) is 51.5 Å². The Kier molecular flexibility index (Phi) is 10.5. The molecule has 3 aliphatic rings. The minimum Gasteiger partial charge on any atom is -0.497 e. The van der Waals surface area contributed by atoms with E-state index in [1.807, 2.05) is 36.4 Å². The summed E-state index contributed by atoms with van der Waals surface area (Å²) in [5.74, 6) is 0.441. The van der Waals surface area contributed by atoms with E-state index in [2.05, 4.69) is 20.9 Å². The van der Waals surface area contributed by atoms with E-state index in [0.717, 1.165) is 48.3 Å². The molecule has 1 saturated heterocycles. The molecule has 0 unspecified atom stereocenters. The number of rotatable bonds is 8. The number of ether oxygens (including phenoxy) is 7. The number of hydrogen-bond donors (Lipinski definition) is 1. The van der Waals surface area contributed by atoms with Crippen LogP contribution >= 0.6 is 0 Å². The monoisotopic (exact) mass is 727 g/mol. The molecule has 2 aromatic heterocycles. The summed E-state index contributed by atoms with van der Waals surface area (Å²) in [7, 11) is 9.10. The number of aromatic amines is 1. The molecule has 3 aromatic carbocycles. The van der Waals surface area contributed by atoms with Crippen LogP contribution in [0, 0.1) is 17.8 Å². The topological polar surface area (TPSA) is 144 Å². The van der Waals surface area contributed by atoms with Crippen LogP contribution in [-0.4, -0.2) is 94.8 Å². The Bertz CT molecular complexity index is 2040. The number of esters is 2. The minimum absolute atomic E-state index is 0.0170. The van der Waals surface area contributed by atoms with Crippen LogP contribution in [0.15, 0.2) is 65.4 Å². The van der Waals surface area contributed by atoms with Gasteiger partial charge in [-0.1, -0.05) is 12.1 Å². The molecule has 6 atom stereocenters. The maximum atomic E-state index is 13.5. The second kappa shape index (κ2) is 15.4. The summed E-state index contributed by atoms with van der Waals surface area (Å²) in [4.78, 5) is 37.1. The molecule has 8 rings (SSSR count). The zero-order valence-electron chi connectivity index (χ0n) is 30.8. The number of piperidine rings is 1. The molecule has 1 aliphatic carbocycles. The smallest absolute Gasteiger partial charge is 0.338 e. The molecule has 0 spiro atoms. The highest BCUT2D eigenvalue weighted by Crippen LogP contribution is 2.51. The Morgan fingerprint density at radius 1 is 0.906 bits per heavy atom. The van der Waals surface area contributed by atoms with Gasteiger partial charge in [-0.3, -0.25) is 9.69 Å². The zero-order valence-corrected chi connectivity index (χ0v) is 30.8. The van der Waals surface area contributed by atoms with Gasteiger partial charge in [0, 0.05) is 42.9 Å². The molecule has 5 aromatic rings. The van der Waals surface area contributed by atoms with Gasteiger partial charge in [0.25, 0.3) is 0 Å². The van der Waals surface area contributed by atoms with Gasteiger partial charge in [-0.05, 0) is 73.1 Å². The van der Waals surface area contributed by atoms with E-state index >= 15 is 0 Å². The number of fused-ring (bicyclic) bond motifs is 7. The summed E-state index contributed by atoms with van der Waals surface area (Å²) in [6, 6.07) is 17.1. The van der Waals surface area contributed by atoms with E-state index in [9.17, 15) is 9.59 Å². The number of nitrogens with one attached hydrogen (secondary N) is 1. The van der Waals surface area contributed by atoms with Crippen molar-refractivity contribution in [2.75, 3.05) is 55.7 Å². The average Bonchev–Trinajstić information content (AvgIpc) is 3.83. The van der Waals surface area contributed by atoms with Gasteiger partial charge in [0.05, 0.1) is 53.1 Å². The van der Waals surface area contributed by atoms with Crippen LogP contribution in [0.25, 0.3) is 22.0 Å². The van der Waals surface area contributed by atoms with E-state index in [1.54, 1.807) is 26.4 Å². The maximum absolute atomic E-state index is 13.5. The molecular weight excluding hydrogens is 682 g/mol. The predicted molar refractivity (Wildman–Crippen MR) is 195 cm³/mol. The minimum atomic E-state index is -0.670. The largest absolute Gasteiger partial charge is 0.497 e. The van der Waals surface area contributed by atoms with Crippen LogP contribution in [0.3, 0.4) is 0 Å². The second-order valence-corrected chi connectivity index (χ2v) is 13.5. The van der Waals surface area contributed by atoms with Crippen molar-refractivity contribution in [2.24, 2.45) is 17.8 Å². The number of para-hydroxylation sites is 2. The highest BCUT2D eigenvalue weighted by Gasteiger charge is 2.54. The van der Waals surface area contributed by atoms with Crippen molar-refractivity contribution >= 4 is 33.9 Å². The SMILES string of the molecule is COC(=O)[C@H]1[C@H]2C[C@@H]3c4[nH]c5cc(OC)ccc5c4CCN3C[C@H]2C[C@@H](OC(=O)c2cc(OC)c(OC)c(OC)c2)[C@@H]1OC.c1ccc2ocnc2c1. The highest BCUT2D eigenvalue weighted by atomic mass is 16.6. The van der Waals surface area contributed by atoms with E-state index in [-0.39, 0.29) is 29.4 Å². The molecule has 13 heteroatoms. The summed E-state index contributed by atoms with van der Waals surface area (Å²) >= 11 is 0. The normalized spacial score (nSPS) is 23.4. The molecule has 53 heavy (non-hydrogen) atoms. The third-order valence-corrected chi connectivity index (χ3v) is 11.0. The third-order valence-electron chi connectivity index (χ3n) is 11.0.